The minimum Gasteiger partial charge on any atom is -0.496 e. The molecule has 3 rings (SSSR count). The van der Waals surface area contributed by atoms with E-state index in [9.17, 15) is 13.2 Å². The summed E-state index contributed by atoms with van der Waals surface area (Å²) in [6.07, 6.45) is 0. The lowest BCUT2D eigenvalue weighted by Gasteiger charge is -2.20. The van der Waals surface area contributed by atoms with Gasteiger partial charge in [0.2, 0.25) is 10.0 Å². The van der Waals surface area contributed by atoms with Crippen LogP contribution in [0.25, 0.3) is 11.3 Å². The first kappa shape index (κ1) is 22.9. The first-order valence-corrected chi connectivity index (χ1v) is 12.0. The lowest BCUT2D eigenvalue weighted by molar-refractivity contribution is 0.102. The normalized spacial score (nSPS) is 11.7. The fourth-order valence-electron chi connectivity index (χ4n) is 2.89. The predicted molar refractivity (Wildman–Crippen MR) is 123 cm³/mol. The smallest absolute Gasteiger partial charge is 0.257 e. The third-order valence-electron chi connectivity index (χ3n) is 4.94. The maximum atomic E-state index is 12.6. The molecule has 0 saturated carbocycles. The molecule has 0 saturated heterocycles. The van der Waals surface area contributed by atoms with Gasteiger partial charge in [-0.2, -0.15) is 4.31 Å². The van der Waals surface area contributed by atoms with Crippen LogP contribution in [0, 0.1) is 6.92 Å². The molecule has 7 nitrogen and oxygen atoms in total. The van der Waals surface area contributed by atoms with Crippen LogP contribution in [-0.2, 0) is 10.0 Å². The number of amides is 1. The minimum atomic E-state index is -3.59. The number of thiazole rings is 1. The van der Waals surface area contributed by atoms with Gasteiger partial charge in [-0.05, 0) is 68.8 Å². The molecule has 0 fully saturated rings. The van der Waals surface area contributed by atoms with Crippen LogP contribution in [0.1, 0.15) is 29.8 Å². The minimum absolute atomic E-state index is 0.145. The summed E-state index contributed by atoms with van der Waals surface area (Å²) < 4.78 is 31.7. The molecule has 0 aliphatic carbocycles. The van der Waals surface area contributed by atoms with Gasteiger partial charge in [0, 0.05) is 29.6 Å². The van der Waals surface area contributed by atoms with Gasteiger partial charge in [-0.25, -0.2) is 13.4 Å². The second-order valence-corrected chi connectivity index (χ2v) is 10.2. The first-order chi connectivity index (χ1) is 14.6. The Morgan fingerprint density at radius 2 is 1.84 bits per heavy atom. The van der Waals surface area contributed by atoms with E-state index in [1.165, 1.54) is 47.0 Å². The van der Waals surface area contributed by atoms with E-state index in [4.69, 9.17) is 4.74 Å². The van der Waals surface area contributed by atoms with E-state index in [0.717, 1.165) is 22.6 Å². The molecule has 0 aliphatic heterocycles. The predicted octanol–water partition coefficient (Wildman–Crippen LogP) is 4.41. The Kier molecular flexibility index (Phi) is 6.78. The fourth-order valence-corrected chi connectivity index (χ4v) is 4.98. The zero-order valence-electron chi connectivity index (χ0n) is 18.0. The number of nitrogens with zero attached hydrogens (tertiary/aromatic N) is 2. The molecule has 0 bridgehead atoms. The number of carbonyl (C=O) groups is 1. The van der Waals surface area contributed by atoms with Gasteiger partial charge in [0.15, 0.2) is 5.13 Å². The Balaban J connectivity index is 1.73. The topological polar surface area (TPSA) is 88.6 Å². The molecular weight excluding hydrogens is 434 g/mol. The molecule has 31 heavy (non-hydrogen) atoms. The molecule has 1 aromatic heterocycles. The van der Waals surface area contributed by atoms with Gasteiger partial charge in [0.1, 0.15) is 5.75 Å². The fraction of sp³-hybridized carbons (Fsp3) is 0.273. The summed E-state index contributed by atoms with van der Waals surface area (Å²) in [6, 6.07) is 11.5. The molecule has 3 aromatic rings. The number of methoxy groups -OCH3 is 1. The summed E-state index contributed by atoms with van der Waals surface area (Å²) in [4.78, 5) is 17.2. The summed E-state index contributed by atoms with van der Waals surface area (Å²) in [5.41, 5.74) is 3.03. The van der Waals surface area contributed by atoms with Crippen molar-refractivity contribution in [3.63, 3.8) is 0 Å². The van der Waals surface area contributed by atoms with E-state index in [2.05, 4.69) is 10.3 Å². The van der Waals surface area contributed by atoms with Crippen molar-refractivity contribution in [3.8, 4) is 17.0 Å². The lowest BCUT2D eigenvalue weighted by atomic mass is 10.1. The highest BCUT2D eigenvalue weighted by molar-refractivity contribution is 7.89. The van der Waals surface area contributed by atoms with Crippen LogP contribution in [0.3, 0.4) is 0 Å². The summed E-state index contributed by atoms with van der Waals surface area (Å²) in [6.45, 7) is 5.56. The van der Waals surface area contributed by atoms with Gasteiger partial charge in [0.05, 0.1) is 17.7 Å². The van der Waals surface area contributed by atoms with Crippen LogP contribution >= 0.6 is 11.3 Å². The maximum absolute atomic E-state index is 12.6. The Hall–Kier alpha value is -2.75. The SMILES string of the molecule is COc1ccc(-c2csc(NC(=O)c3ccc(S(=O)(=O)N(C)C(C)C)cc3)n2)cc1C. The van der Waals surface area contributed by atoms with Crippen LogP contribution in [0.15, 0.2) is 52.7 Å². The number of anilines is 1. The molecule has 1 N–H and O–H groups in total. The molecule has 1 heterocycles. The number of aryl methyl sites for hydroxylation is 1. The number of benzene rings is 2. The summed E-state index contributed by atoms with van der Waals surface area (Å²) in [5, 5.41) is 5.10. The van der Waals surface area contributed by atoms with Crippen LogP contribution in [0.5, 0.6) is 5.75 Å². The van der Waals surface area contributed by atoms with E-state index in [-0.39, 0.29) is 16.8 Å². The van der Waals surface area contributed by atoms with Gasteiger partial charge in [-0.15, -0.1) is 11.3 Å². The van der Waals surface area contributed by atoms with Crippen LogP contribution in [0.4, 0.5) is 5.13 Å². The quantitative estimate of drug-likeness (QED) is 0.565. The Morgan fingerprint density at radius 1 is 1.16 bits per heavy atom. The summed E-state index contributed by atoms with van der Waals surface area (Å²) >= 11 is 1.32. The van der Waals surface area contributed by atoms with Crippen molar-refractivity contribution in [1.29, 1.82) is 0 Å². The number of hydrogen-bond donors (Lipinski definition) is 1. The summed E-state index contributed by atoms with van der Waals surface area (Å²) in [7, 11) is -0.432. The molecular formula is C22H25N3O4S2. The number of sulfonamides is 1. The van der Waals surface area contributed by atoms with Crippen LogP contribution in [-0.4, -0.2) is 43.8 Å². The average molecular weight is 460 g/mol. The lowest BCUT2D eigenvalue weighted by Crippen LogP contribution is -2.33. The second kappa shape index (κ2) is 9.17. The second-order valence-electron chi connectivity index (χ2n) is 7.32. The Morgan fingerprint density at radius 3 is 2.42 bits per heavy atom. The van der Waals surface area contributed by atoms with Gasteiger partial charge >= 0.3 is 0 Å². The van der Waals surface area contributed by atoms with Crippen molar-refractivity contribution in [3.05, 3.63) is 59.0 Å². The molecule has 2 aromatic carbocycles. The van der Waals surface area contributed by atoms with E-state index >= 15 is 0 Å². The monoisotopic (exact) mass is 459 g/mol. The molecule has 0 aliphatic rings. The highest BCUT2D eigenvalue weighted by Gasteiger charge is 2.23. The van der Waals surface area contributed by atoms with Crippen molar-refractivity contribution < 1.29 is 17.9 Å². The zero-order chi connectivity index (χ0) is 22.8. The van der Waals surface area contributed by atoms with Crippen LogP contribution in [0.2, 0.25) is 0 Å². The van der Waals surface area contributed by atoms with Crippen molar-refractivity contribution in [2.45, 2.75) is 31.7 Å². The van der Waals surface area contributed by atoms with E-state index in [1.807, 2.05) is 30.5 Å². The van der Waals surface area contributed by atoms with Crippen molar-refractivity contribution in [2.75, 3.05) is 19.5 Å². The average Bonchev–Trinajstić information content (AvgIpc) is 3.21. The molecule has 0 unspecified atom stereocenters. The molecule has 1 amide bonds. The summed E-state index contributed by atoms with van der Waals surface area (Å²) in [5.74, 6) is 0.450. The third-order valence-corrected chi connectivity index (χ3v) is 7.74. The van der Waals surface area contributed by atoms with E-state index < -0.39 is 10.0 Å². The molecule has 0 spiro atoms. The highest BCUT2D eigenvalue weighted by atomic mass is 32.2. The van der Waals surface area contributed by atoms with Gasteiger partial charge in [0.25, 0.3) is 5.91 Å². The number of nitrogens with one attached hydrogen (secondary N) is 1. The Labute approximate surface area is 186 Å². The molecule has 0 atom stereocenters. The molecule has 9 heteroatoms. The first-order valence-electron chi connectivity index (χ1n) is 9.63. The van der Waals surface area contributed by atoms with Crippen molar-refractivity contribution in [1.82, 2.24) is 9.29 Å². The molecule has 0 radical (unpaired) electrons. The third kappa shape index (κ3) is 4.95. The van der Waals surface area contributed by atoms with Crippen molar-refractivity contribution >= 4 is 32.4 Å². The van der Waals surface area contributed by atoms with E-state index in [0.29, 0.717) is 10.7 Å². The standard InChI is InChI=1S/C22H25N3O4S2/c1-14(2)25(4)31(27,28)18-9-6-16(7-10-18)21(26)24-22-23-19(13-30-22)17-8-11-20(29-5)15(3)12-17/h6-14H,1-5H3,(H,23,24,26). The zero-order valence-corrected chi connectivity index (χ0v) is 19.7. The maximum Gasteiger partial charge on any atom is 0.257 e. The number of carbonyl (C=O) groups excluding carboxylic acids is 1. The number of rotatable bonds is 7. The number of aromatic nitrogens is 1. The number of hydrogen-bond acceptors (Lipinski definition) is 6. The largest absolute Gasteiger partial charge is 0.496 e. The van der Waals surface area contributed by atoms with Crippen molar-refractivity contribution in [2.24, 2.45) is 0 Å². The van der Waals surface area contributed by atoms with Gasteiger partial charge in [-0.3, -0.25) is 10.1 Å². The van der Waals surface area contributed by atoms with Gasteiger partial charge < -0.3 is 4.74 Å². The molecule has 164 valence electrons. The number of ether oxygens (including phenoxy) is 1. The van der Waals surface area contributed by atoms with Gasteiger partial charge in [-0.1, -0.05) is 0 Å². The van der Waals surface area contributed by atoms with E-state index in [1.54, 1.807) is 21.0 Å². The van der Waals surface area contributed by atoms with Crippen LogP contribution < -0.4 is 10.1 Å². The Bertz CT molecular complexity index is 1190. The highest BCUT2D eigenvalue weighted by Crippen LogP contribution is 2.29.